The number of benzene rings is 1. The molecule has 2 amide bonds. The van der Waals surface area contributed by atoms with E-state index in [4.69, 9.17) is 9.47 Å². The lowest BCUT2D eigenvalue weighted by atomic mass is 10.1. The van der Waals surface area contributed by atoms with Crippen molar-refractivity contribution in [1.82, 2.24) is 15.4 Å². The summed E-state index contributed by atoms with van der Waals surface area (Å²) in [5.74, 6) is 1.34. The highest BCUT2D eigenvalue weighted by atomic mass is 32.2. The van der Waals surface area contributed by atoms with Crippen molar-refractivity contribution < 1.29 is 22.7 Å². The zero-order chi connectivity index (χ0) is 16.2. The van der Waals surface area contributed by atoms with Crippen LogP contribution in [0.15, 0.2) is 18.2 Å². The van der Waals surface area contributed by atoms with Crippen molar-refractivity contribution in [2.75, 3.05) is 26.1 Å². The third-order valence-electron chi connectivity index (χ3n) is 3.02. The first-order chi connectivity index (χ1) is 10.3. The minimum Gasteiger partial charge on any atom is -0.454 e. The van der Waals surface area contributed by atoms with Gasteiger partial charge in [0.1, 0.15) is 0 Å². The van der Waals surface area contributed by atoms with Crippen LogP contribution in [0.4, 0.5) is 4.79 Å². The maximum absolute atomic E-state index is 11.7. The van der Waals surface area contributed by atoms with Crippen LogP contribution in [0.2, 0.25) is 0 Å². The Morgan fingerprint density at radius 2 is 2.00 bits per heavy atom. The van der Waals surface area contributed by atoms with Gasteiger partial charge < -0.3 is 20.1 Å². The summed E-state index contributed by atoms with van der Waals surface area (Å²) >= 11 is 0. The quantitative estimate of drug-likeness (QED) is 0.652. The van der Waals surface area contributed by atoms with E-state index in [-0.39, 0.29) is 32.0 Å². The van der Waals surface area contributed by atoms with E-state index in [1.807, 2.05) is 19.1 Å². The van der Waals surface area contributed by atoms with Crippen LogP contribution in [0.1, 0.15) is 18.5 Å². The Labute approximate surface area is 129 Å². The minimum atomic E-state index is -3.24. The molecule has 1 aliphatic heterocycles. The van der Waals surface area contributed by atoms with Gasteiger partial charge in [-0.15, -0.1) is 0 Å². The molecule has 8 nitrogen and oxygen atoms in total. The van der Waals surface area contributed by atoms with Crippen LogP contribution in [-0.2, 0) is 10.0 Å². The van der Waals surface area contributed by atoms with Crippen LogP contribution in [0, 0.1) is 0 Å². The summed E-state index contributed by atoms with van der Waals surface area (Å²) in [5.41, 5.74) is 0.883. The molecule has 0 aliphatic carbocycles. The van der Waals surface area contributed by atoms with Gasteiger partial charge in [-0.05, 0) is 24.6 Å². The molecular formula is C13H19N3O5S. The second-order valence-electron chi connectivity index (χ2n) is 4.90. The summed E-state index contributed by atoms with van der Waals surface area (Å²) in [7, 11) is -3.24. The van der Waals surface area contributed by atoms with Crippen molar-refractivity contribution in [1.29, 1.82) is 0 Å². The maximum Gasteiger partial charge on any atom is 0.315 e. The highest BCUT2D eigenvalue weighted by Gasteiger charge is 2.16. The van der Waals surface area contributed by atoms with Crippen molar-refractivity contribution >= 4 is 16.1 Å². The van der Waals surface area contributed by atoms with E-state index in [1.165, 1.54) is 0 Å². The van der Waals surface area contributed by atoms with Crippen LogP contribution in [0.5, 0.6) is 11.5 Å². The van der Waals surface area contributed by atoms with Gasteiger partial charge in [0.25, 0.3) is 0 Å². The molecule has 3 N–H and O–H groups in total. The Morgan fingerprint density at radius 3 is 2.73 bits per heavy atom. The van der Waals surface area contributed by atoms with E-state index in [9.17, 15) is 13.2 Å². The third kappa shape index (κ3) is 4.78. The molecule has 0 saturated heterocycles. The Kier molecular flexibility index (Phi) is 5.09. The molecule has 0 aromatic heterocycles. The van der Waals surface area contributed by atoms with Gasteiger partial charge in [0.05, 0.1) is 12.3 Å². The molecule has 122 valence electrons. The number of carbonyl (C=O) groups is 1. The Hall–Kier alpha value is -2.00. The van der Waals surface area contributed by atoms with Gasteiger partial charge in [0, 0.05) is 13.1 Å². The topological polar surface area (TPSA) is 106 Å². The fraction of sp³-hybridized carbons (Fsp3) is 0.462. The molecule has 9 heteroatoms. The summed E-state index contributed by atoms with van der Waals surface area (Å²) in [5, 5.41) is 5.34. The minimum absolute atomic E-state index is 0.144. The molecular weight excluding hydrogens is 310 g/mol. The van der Waals surface area contributed by atoms with Crippen LogP contribution in [0.3, 0.4) is 0 Å². The van der Waals surface area contributed by atoms with E-state index in [0.29, 0.717) is 11.5 Å². The molecule has 1 atom stereocenters. The van der Waals surface area contributed by atoms with Gasteiger partial charge >= 0.3 is 6.03 Å². The predicted octanol–water partition coefficient (Wildman–Crippen LogP) is 0.325. The lowest BCUT2D eigenvalue weighted by Gasteiger charge is -2.15. The van der Waals surface area contributed by atoms with Crippen LogP contribution in [0.25, 0.3) is 0 Å². The second kappa shape index (κ2) is 6.84. The number of hydrogen-bond acceptors (Lipinski definition) is 5. The van der Waals surface area contributed by atoms with E-state index in [1.54, 1.807) is 6.07 Å². The molecule has 1 aliphatic rings. The average molecular weight is 329 g/mol. The number of ether oxygens (including phenoxy) is 2. The molecule has 22 heavy (non-hydrogen) atoms. The van der Waals surface area contributed by atoms with E-state index >= 15 is 0 Å². The van der Waals surface area contributed by atoms with E-state index in [0.717, 1.165) is 11.8 Å². The molecule has 0 saturated carbocycles. The molecule has 0 bridgehead atoms. The highest BCUT2D eigenvalue weighted by molar-refractivity contribution is 7.88. The third-order valence-corrected chi connectivity index (χ3v) is 3.75. The Morgan fingerprint density at radius 1 is 1.27 bits per heavy atom. The number of amides is 2. The fourth-order valence-corrected chi connectivity index (χ4v) is 2.40. The summed E-state index contributed by atoms with van der Waals surface area (Å²) in [4.78, 5) is 11.7. The molecule has 0 fully saturated rings. The van der Waals surface area contributed by atoms with Gasteiger partial charge in [-0.2, -0.15) is 0 Å². The first-order valence-corrected chi connectivity index (χ1v) is 8.63. The van der Waals surface area contributed by atoms with Gasteiger partial charge in [-0.1, -0.05) is 6.07 Å². The van der Waals surface area contributed by atoms with Crippen LogP contribution < -0.4 is 24.8 Å². The van der Waals surface area contributed by atoms with Crippen molar-refractivity contribution in [2.45, 2.75) is 13.0 Å². The first kappa shape index (κ1) is 16.4. The molecule has 1 aromatic rings. The van der Waals surface area contributed by atoms with Gasteiger partial charge in [-0.3, -0.25) is 0 Å². The first-order valence-electron chi connectivity index (χ1n) is 6.74. The van der Waals surface area contributed by atoms with E-state index < -0.39 is 10.0 Å². The number of urea groups is 1. The SMILES string of the molecule is C[C@@H](NC(=O)NCCNS(C)(=O)=O)c1ccc2c(c1)OCO2. The zero-order valence-electron chi connectivity index (χ0n) is 12.4. The molecule has 1 heterocycles. The average Bonchev–Trinajstić information content (AvgIpc) is 2.89. The van der Waals surface area contributed by atoms with Crippen LogP contribution in [-0.4, -0.2) is 40.6 Å². The lowest BCUT2D eigenvalue weighted by molar-refractivity contribution is 0.174. The number of nitrogens with one attached hydrogen (secondary N) is 3. The number of hydrogen-bond donors (Lipinski definition) is 3. The largest absolute Gasteiger partial charge is 0.454 e. The summed E-state index contributed by atoms with van der Waals surface area (Å²) < 4.78 is 34.5. The maximum atomic E-state index is 11.7. The smallest absolute Gasteiger partial charge is 0.315 e. The normalized spacial score (nSPS) is 14.5. The second-order valence-corrected chi connectivity index (χ2v) is 6.73. The molecule has 2 rings (SSSR count). The molecule has 1 aromatic carbocycles. The molecule has 0 unspecified atom stereocenters. The number of carbonyl (C=O) groups excluding carboxylic acids is 1. The van der Waals surface area contributed by atoms with Gasteiger partial charge in [-0.25, -0.2) is 17.9 Å². The summed E-state index contributed by atoms with van der Waals surface area (Å²) in [6.07, 6.45) is 1.06. The Bertz CT molecular complexity index is 647. The van der Waals surface area contributed by atoms with Gasteiger partial charge in [0.15, 0.2) is 11.5 Å². The van der Waals surface area contributed by atoms with Crippen molar-refractivity contribution in [3.8, 4) is 11.5 Å². The van der Waals surface area contributed by atoms with E-state index in [2.05, 4.69) is 15.4 Å². The van der Waals surface area contributed by atoms with Crippen molar-refractivity contribution in [3.63, 3.8) is 0 Å². The monoisotopic (exact) mass is 329 g/mol. The highest BCUT2D eigenvalue weighted by Crippen LogP contribution is 2.34. The molecule has 0 spiro atoms. The van der Waals surface area contributed by atoms with Crippen molar-refractivity contribution in [2.24, 2.45) is 0 Å². The predicted molar refractivity (Wildman–Crippen MR) is 80.4 cm³/mol. The van der Waals surface area contributed by atoms with Gasteiger partial charge in [0.2, 0.25) is 16.8 Å². The standard InChI is InChI=1S/C13H19N3O5S/c1-9(10-3-4-11-12(7-10)21-8-20-11)16-13(17)14-5-6-15-22(2,18)19/h3-4,7,9,15H,5-6,8H2,1-2H3,(H2,14,16,17)/t9-/m1/s1. The number of fused-ring (bicyclic) bond motifs is 1. The molecule has 0 radical (unpaired) electrons. The number of sulfonamides is 1. The fourth-order valence-electron chi connectivity index (χ4n) is 1.93. The lowest BCUT2D eigenvalue weighted by Crippen LogP contribution is -2.41. The van der Waals surface area contributed by atoms with Crippen molar-refractivity contribution in [3.05, 3.63) is 23.8 Å². The Balaban J connectivity index is 1.79. The summed E-state index contributed by atoms with van der Waals surface area (Å²) in [6.45, 7) is 2.39. The summed E-state index contributed by atoms with van der Waals surface area (Å²) in [6, 6.07) is 4.87. The zero-order valence-corrected chi connectivity index (χ0v) is 13.2. The van der Waals surface area contributed by atoms with Crippen LogP contribution >= 0.6 is 0 Å². The number of rotatable bonds is 6.